The SMILES string of the molecule is Cc1cc(C(=O)NNC(=S)NC[C@@H]2CCCO2)cs1. The number of carbonyl (C=O) groups excluding carboxylic acids is 1. The summed E-state index contributed by atoms with van der Waals surface area (Å²) in [5, 5.41) is 5.23. The number of thiophene rings is 1. The lowest BCUT2D eigenvalue weighted by Crippen LogP contribution is -2.48. The Kier molecular flexibility index (Phi) is 5.12. The molecule has 0 aromatic carbocycles. The Balaban J connectivity index is 1.66. The fourth-order valence-corrected chi connectivity index (χ4v) is 2.62. The van der Waals surface area contributed by atoms with Crippen molar-refractivity contribution in [1.82, 2.24) is 16.2 Å². The number of thiocarbonyl (C=S) groups is 1. The number of hydrazine groups is 1. The molecule has 0 unspecified atom stereocenters. The fourth-order valence-electron chi connectivity index (χ4n) is 1.80. The quantitative estimate of drug-likeness (QED) is 0.581. The van der Waals surface area contributed by atoms with Crippen LogP contribution in [0.3, 0.4) is 0 Å². The molecule has 0 saturated carbocycles. The van der Waals surface area contributed by atoms with Crippen molar-refractivity contribution >= 4 is 34.6 Å². The number of rotatable bonds is 3. The van der Waals surface area contributed by atoms with Gasteiger partial charge in [-0.05, 0) is 38.0 Å². The van der Waals surface area contributed by atoms with Gasteiger partial charge in [0.15, 0.2) is 5.11 Å². The lowest BCUT2D eigenvalue weighted by atomic mass is 10.2. The van der Waals surface area contributed by atoms with Gasteiger partial charge in [-0.25, -0.2) is 0 Å². The van der Waals surface area contributed by atoms with Crippen LogP contribution in [0.2, 0.25) is 0 Å². The van der Waals surface area contributed by atoms with E-state index in [2.05, 4.69) is 16.2 Å². The van der Waals surface area contributed by atoms with E-state index < -0.39 is 0 Å². The van der Waals surface area contributed by atoms with Crippen LogP contribution in [-0.4, -0.2) is 30.3 Å². The van der Waals surface area contributed by atoms with E-state index in [1.54, 1.807) is 11.3 Å². The number of ether oxygens (including phenoxy) is 1. The molecule has 5 nitrogen and oxygen atoms in total. The first kappa shape index (κ1) is 14.2. The zero-order valence-corrected chi connectivity index (χ0v) is 12.3. The third kappa shape index (κ3) is 4.45. The highest BCUT2D eigenvalue weighted by Gasteiger charge is 2.15. The van der Waals surface area contributed by atoms with Crippen molar-refractivity contribution in [3.8, 4) is 0 Å². The van der Waals surface area contributed by atoms with Gasteiger partial charge in [-0.15, -0.1) is 11.3 Å². The van der Waals surface area contributed by atoms with Crippen molar-refractivity contribution in [2.45, 2.75) is 25.9 Å². The first-order chi connectivity index (χ1) is 9.15. The molecule has 0 bridgehead atoms. The lowest BCUT2D eigenvalue weighted by Gasteiger charge is -2.14. The summed E-state index contributed by atoms with van der Waals surface area (Å²) in [5.41, 5.74) is 5.88. The Labute approximate surface area is 121 Å². The van der Waals surface area contributed by atoms with E-state index >= 15 is 0 Å². The molecular weight excluding hydrogens is 282 g/mol. The minimum atomic E-state index is -0.189. The van der Waals surface area contributed by atoms with Gasteiger partial charge >= 0.3 is 0 Å². The van der Waals surface area contributed by atoms with Gasteiger partial charge in [-0.3, -0.25) is 15.6 Å². The minimum absolute atomic E-state index is 0.189. The molecule has 0 aliphatic carbocycles. The van der Waals surface area contributed by atoms with Gasteiger partial charge in [0.1, 0.15) is 0 Å². The molecule has 1 aliphatic heterocycles. The highest BCUT2D eigenvalue weighted by Crippen LogP contribution is 2.12. The van der Waals surface area contributed by atoms with Gasteiger partial charge in [-0.2, -0.15) is 0 Å². The molecular formula is C12H17N3O2S2. The summed E-state index contributed by atoms with van der Waals surface area (Å²) in [5.74, 6) is -0.189. The first-order valence-corrected chi connectivity index (χ1v) is 7.45. The van der Waals surface area contributed by atoms with Crippen LogP contribution in [0.25, 0.3) is 0 Å². The number of carbonyl (C=O) groups is 1. The molecule has 1 atom stereocenters. The predicted octanol–water partition coefficient (Wildman–Crippen LogP) is 1.34. The standard InChI is InChI=1S/C12H17N3O2S2/c1-8-5-9(7-19-8)11(16)14-15-12(18)13-6-10-3-2-4-17-10/h5,7,10H,2-4,6H2,1H3,(H,14,16)(H2,13,15,18)/t10-/m0/s1. The summed E-state index contributed by atoms with van der Waals surface area (Å²) in [7, 11) is 0. The Morgan fingerprint density at radius 1 is 1.58 bits per heavy atom. The van der Waals surface area contributed by atoms with E-state index in [1.165, 1.54) is 0 Å². The van der Waals surface area contributed by atoms with Crippen LogP contribution in [0.5, 0.6) is 0 Å². The Bertz CT molecular complexity index is 456. The highest BCUT2D eigenvalue weighted by atomic mass is 32.1. The summed E-state index contributed by atoms with van der Waals surface area (Å²) in [4.78, 5) is 12.8. The third-order valence-electron chi connectivity index (χ3n) is 2.80. The second-order valence-electron chi connectivity index (χ2n) is 4.37. The summed E-state index contributed by atoms with van der Waals surface area (Å²) < 4.78 is 5.47. The average molecular weight is 299 g/mol. The maximum Gasteiger partial charge on any atom is 0.270 e. The zero-order valence-electron chi connectivity index (χ0n) is 10.7. The van der Waals surface area contributed by atoms with E-state index in [0.717, 1.165) is 24.3 Å². The van der Waals surface area contributed by atoms with Crippen LogP contribution < -0.4 is 16.2 Å². The van der Waals surface area contributed by atoms with Crippen LogP contribution in [0.1, 0.15) is 28.1 Å². The topological polar surface area (TPSA) is 62.4 Å². The number of nitrogens with one attached hydrogen (secondary N) is 3. The van der Waals surface area contributed by atoms with Gasteiger partial charge in [0, 0.05) is 23.4 Å². The largest absolute Gasteiger partial charge is 0.376 e. The highest BCUT2D eigenvalue weighted by molar-refractivity contribution is 7.80. The van der Waals surface area contributed by atoms with Crippen molar-refractivity contribution in [2.24, 2.45) is 0 Å². The number of aryl methyl sites for hydroxylation is 1. The first-order valence-electron chi connectivity index (χ1n) is 6.16. The number of hydrogen-bond donors (Lipinski definition) is 3. The molecule has 1 aromatic heterocycles. The van der Waals surface area contributed by atoms with E-state index in [9.17, 15) is 4.79 Å². The summed E-state index contributed by atoms with van der Waals surface area (Å²) in [6.07, 6.45) is 2.37. The van der Waals surface area contributed by atoms with Crippen LogP contribution in [0.15, 0.2) is 11.4 Å². The molecule has 1 fully saturated rings. The monoisotopic (exact) mass is 299 g/mol. The molecule has 1 amide bonds. The van der Waals surface area contributed by atoms with Gasteiger partial charge in [0.05, 0.1) is 11.7 Å². The van der Waals surface area contributed by atoms with Crippen molar-refractivity contribution in [1.29, 1.82) is 0 Å². The normalized spacial score (nSPS) is 18.1. The predicted molar refractivity (Wildman–Crippen MR) is 79.2 cm³/mol. The van der Waals surface area contributed by atoms with E-state index in [0.29, 0.717) is 17.2 Å². The summed E-state index contributed by atoms with van der Waals surface area (Å²) >= 11 is 6.61. The van der Waals surface area contributed by atoms with Crippen molar-refractivity contribution in [2.75, 3.05) is 13.2 Å². The molecule has 0 spiro atoms. The Morgan fingerprint density at radius 2 is 2.42 bits per heavy atom. The van der Waals surface area contributed by atoms with Crippen LogP contribution in [-0.2, 0) is 4.74 Å². The van der Waals surface area contributed by atoms with Crippen LogP contribution in [0, 0.1) is 6.92 Å². The number of hydrogen-bond acceptors (Lipinski definition) is 4. The van der Waals surface area contributed by atoms with Crippen LogP contribution in [0.4, 0.5) is 0 Å². The van der Waals surface area contributed by atoms with Crippen LogP contribution >= 0.6 is 23.6 Å². The van der Waals surface area contributed by atoms with E-state index in [1.807, 2.05) is 18.4 Å². The molecule has 1 aromatic rings. The average Bonchev–Trinajstić information content (AvgIpc) is 3.04. The molecule has 1 aliphatic rings. The second-order valence-corrected chi connectivity index (χ2v) is 5.89. The molecule has 19 heavy (non-hydrogen) atoms. The van der Waals surface area contributed by atoms with E-state index in [4.69, 9.17) is 17.0 Å². The summed E-state index contributed by atoms with van der Waals surface area (Å²) in [6.45, 7) is 3.45. The van der Waals surface area contributed by atoms with Gasteiger partial charge < -0.3 is 10.1 Å². The third-order valence-corrected chi connectivity index (χ3v) is 3.90. The van der Waals surface area contributed by atoms with Crippen molar-refractivity contribution < 1.29 is 9.53 Å². The fraction of sp³-hybridized carbons (Fsp3) is 0.500. The second kappa shape index (κ2) is 6.83. The van der Waals surface area contributed by atoms with E-state index in [-0.39, 0.29) is 12.0 Å². The van der Waals surface area contributed by atoms with Gasteiger partial charge in [0.2, 0.25) is 0 Å². The van der Waals surface area contributed by atoms with Gasteiger partial charge in [0.25, 0.3) is 5.91 Å². The summed E-state index contributed by atoms with van der Waals surface area (Å²) in [6, 6.07) is 1.84. The minimum Gasteiger partial charge on any atom is -0.376 e. The molecule has 7 heteroatoms. The Hall–Kier alpha value is -1.18. The smallest absolute Gasteiger partial charge is 0.270 e. The van der Waals surface area contributed by atoms with Gasteiger partial charge in [-0.1, -0.05) is 0 Å². The number of amides is 1. The molecule has 0 radical (unpaired) electrons. The molecule has 1 saturated heterocycles. The van der Waals surface area contributed by atoms with Crippen molar-refractivity contribution in [3.05, 3.63) is 21.9 Å². The molecule has 2 rings (SSSR count). The molecule has 3 N–H and O–H groups in total. The maximum absolute atomic E-state index is 11.7. The molecule has 104 valence electrons. The lowest BCUT2D eigenvalue weighted by molar-refractivity contribution is 0.0943. The Morgan fingerprint density at radius 3 is 3.05 bits per heavy atom. The zero-order chi connectivity index (χ0) is 13.7. The van der Waals surface area contributed by atoms with Crippen molar-refractivity contribution in [3.63, 3.8) is 0 Å². The maximum atomic E-state index is 11.7. The molecule has 2 heterocycles.